The van der Waals surface area contributed by atoms with Gasteiger partial charge in [0.2, 0.25) is 0 Å². The Kier molecular flexibility index (Phi) is 7.46. The third-order valence-electron chi connectivity index (χ3n) is 7.39. The van der Waals surface area contributed by atoms with E-state index in [9.17, 15) is 17.6 Å². The van der Waals surface area contributed by atoms with Gasteiger partial charge < -0.3 is 4.74 Å². The Morgan fingerprint density at radius 2 is 1.89 bits per heavy atom. The molecule has 0 radical (unpaired) electrons. The number of rotatable bonds is 8. The van der Waals surface area contributed by atoms with Crippen LogP contribution in [0.1, 0.15) is 66.4 Å². The molecular weight excluding hydrogens is 524 g/mol. The lowest BCUT2D eigenvalue weighted by Gasteiger charge is -2.38. The fourth-order valence-corrected chi connectivity index (χ4v) is 6.27. The summed E-state index contributed by atoms with van der Waals surface area (Å²) in [6, 6.07) is 7.28. The second kappa shape index (κ2) is 10.5. The Morgan fingerprint density at radius 1 is 1.14 bits per heavy atom. The van der Waals surface area contributed by atoms with Gasteiger partial charge in [0.25, 0.3) is 5.91 Å². The van der Waals surface area contributed by atoms with Crippen LogP contribution in [-0.4, -0.2) is 55.3 Å². The molecule has 2 heterocycles. The SMILES string of the molecule is C[C@H]1CC[C@@H](Oc2cc(F)c(C(=O)NS(=O)(=O)N3CCC3)cc2C2CC2)CN1Cc1ccc(F)cc1Cl. The van der Waals surface area contributed by atoms with Crippen LogP contribution in [0.5, 0.6) is 5.75 Å². The van der Waals surface area contributed by atoms with Crippen LogP contribution in [0.2, 0.25) is 5.02 Å². The minimum absolute atomic E-state index is 0.144. The summed E-state index contributed by atoms with van der Waals surface area (Å²) in [4.78, 5) is 14.9. The molecule has 1 aliphatic carbocycles. The number of ether oxygens (including phenoxy) is 1. The van der Waals surface area contributed by atoms with Gasteiger partial charge in [-0.2, -0.15) is 12.7 Å². The van der Waals surface area contributed by atoms with E-state index in [1.165, 1.54) is 24.3 Å². The van der Waals surface area contributed by atoms with E-state index in [0.29, 0.717) is 37.0 Å². The molecule has 1 saturated carbocycles. The number of piperidine rings is 1. The number of nitrogens with one attached hydrogen (secondary N) is 1. The van der Waals surface area contributed by atoms with E-state index < -0.39 is 21.9 Å². The zero-order chi connectivity index (χ0) is 26.3. The van der Waals surface area contributed by atoms with Gasteiger partial charge in [0, 0.05) is 43.3 Å². The number of carbonyl (C=O) groups is 1. The Balaban J connectivity index is 1.31. The summed E-state index contributed by atoms with van der Waals surface area (Å²) in [5.74, 6) is -1.65. The predicted molar refractivity (Wildman–Crippen MR) is 136 cm³/mol. The number of hydrogen-bond acceptors (Lipinski definition) is 5. The summed E-state index contributed by atoms with van der Waals surface area (Å²) in [6.45, 7) is 3.92. The van der Waals surface area contributed by atoms with Gasteiger partial charge in [-0.1, -0.05) is 17.7 Å². The Hall–Kier alpha value is -2.27. The molecule has 37 heavy (non-hydrogen) atoms. The average Bonchev–Trinajstić information content (AvgIpc) is 3.61. The van der Waals surface area contributed by atoms with E-state index in [4.69, 9.17) is 16.3 Å². The molecule has 200 valence electrons. The van der Waals surface area contributed by atoms with Gasteiger partial charge in [-0.25, -0.2) is 13.5 Å². The van der Waals surface area contributed by atoms with Gasteiger partial charge >= 0.3 is 10.2 Å². The van der Waals surface area contributed by atoms with Gasteiger partial charge in [-0.15, -0.1) is 0 Å². The molecule has 2 atom stereocenters. The largest absolute Gasteiger partial charge is 0.489 e. The highest BCUT2D eigenvalue weighted by Crippen LogP contribution is 2.45. The summed E-state index contributed by atoms with van der Waals surface area (Å²) in [6.07, 6.45) is 3.95. The van der Waals surface area contributed by atoms with E-state index in [1.54, 1.807) is 6.07 Å². The van der Waals surface area contributed by atoms with Crippen LogP contribution in [-0.2, 0) is 16.8 Å². The van der Waals surface area contributed by atoms with Crippen molar-refractivity contribution in [3.63, 3.8) is 0 Å². The first kappa shape index (κ1) is 26.3. The molecule has 2 saturated heterocycles. The van der Waals surface area contributed by atoms with Crippen LogP contribution in [0.25, 0.3) is 0 Å². The number of carbonyl (C=O) groups excluding carboxylic acids is 1. The first-order valence-corrected chi connectivity index (χ1v) is 14.4. The molecule has 0 bridgehead atoms. The first-order chi connectivity index (χ1) is 17.6. The molecule has 7 nitrogen and oxygen atoms in total. The molecule has 1 amide bonds. The third-order valence-corrected chi connectivity index (χ3v) is 9.23. The molecule has 11 heteroatoms. The first-order valence-electron chi connectivity index (χ1n) is 12.6. The van der Waals surface area contributed by atoms with Crippen LogP contribution in [0.4, 0.5) is 8.78 Å². The molecule has 2 aliphatic heterocycles. The predicted octanol–water partition coefficient (Wildman–Crippen LogP) is 4.61. The highest BCUT2D eigenvalue weighted by Gasteiger charge is 2.34. The minimum Gasteiger partial charge on any atom is -0.489 e. The van der Waals surface area contributed by atoms with Crippen molar-refractivity contribution in [3.8, 4) is 5.75 Å². The molecule has 0 aromatic heterocycles. The number of likely N-dealkylation sites (tertiary alicyclic amines) is 1. The molecule has 5 rings (SSSR count). The molecule has 0 unspecified atom stereocenters. The van der Waals surface area contributed by atoms with Crippen molar-refractivity contribution in [3.05, 3.63) is 63.7 Å². The fourth-order valence-electron chi connectivity index (χ4n) is 4.83. The zero-order valence-corrected chi connectivity index (χ0v) is 22.1. The average molecular weight is 554 g/mol. The lowest BCUT2D eigenvalue weighted by Crippen LogP contribution is -2.49. The maximum atomic E-state index is 15.1. The Labute approximate surface area is 220 Å². The van der Waals surface area contributed by atoms with E-state index in [2.05, 4.69) is 11.8 Å². The van der Waals surface area contributed by atoms with Crippen molar-refractivity contribution in [2.24, 2.45) is 0 Å². The topological polar surface area (TPSA) is 78.9 Å². The van der Waals surface area contributed by atoms with Crippen LogP contribution in [0, 0.1) is 11.6 Å². The van der Waals surface area contributed by atoms with Crippen molar-refractivity contribution in [1.82, 2.24) is 13.9 Å². The Bertz CT molecular complexity index is 1300. The minimum atomic E-state index is -3.98. The van der Waals surface area contributed by atoms with E-state index in [1.807, 2.05) is 4.72 Å². The second-order valence-corrected chi connectivity index (χ2v) is 12.2. The maximum Gasteiger partial charge on any atom is 0.304 e. The molecule has 2 aromatic rings. The van der Waals surface area contributed by atoms with Gasteiger partial charge in [-0.05, 0) is 74.3 Å². The van der Waals surface area contributed by atoms with Crippen molar-refractivity contribution in [2.75, 3.05) is 19.6 Å². The molecule has 3 aliphatic rings. The summed E-state index contributed by atoms with van der Waals surface area (Å²) >= 11 is 6.24. The van der Waals surface area contributed by atoms with E-state index in [-0.39, 0.29) is 29.4 Å². The highest BCUT2D eigenvalue weighted by atomic mass is 35.5. The standard InChI is InChI=1S/C26H30ClF2N3O4S/c1-16-3-8-20(15-31(16)14-18-6-7-19(28)11-23(18)27)36-25-13-24(29)22(12-21(25)17-4-5-17)26(33)30-37(34,35)32-9-2-10-32/h6-7,11-13,16-17,20H,2-5,8-10,14-15H2,1H3,(H,30,33)/t16-,20+/m0/s1. The molecule has 0 spiro atoms. The van der Waals surface area contributed by atoms with Crippen molar-refractivity contribution >= 4 is 27.7 Å². The fraction of sp³-hybridized carbons (Fsp3) is 0.500. The van der Waals surface area contributed by atoms with E-state index >= 15 is 4.39 Å². The zero-order valence-electron chi connectivity index (χ0n) is 20.6. The van der Waals surface area contributed by atoms with Crippen LogP contribution in [0.15, 0.2) is 30.3 Å². The van der Waals surface area contributed by atoms with Crippen LogP contribution in [0.3, 0.4) is 0 Å². The number of benzene rings is 2. The van der Waals surface area contributed by atoms with Gasteiger partial charge in [0.15, 0.2) is 0 Å². The molecular formula is C26H30ClF2N3O4S. The molecule has 1 N–H and O–H groups in total. The number of halogens is 3. The normalized spacial score (nSPS) is 22.9. The van der Waals surface area contributed by atoms with Gasteiger partial charge in [0.1, 0.15) is 23.5 Å². The third kappa shape index (κ3) is 5.92. The molecule has 3 fully saturated rings. The van der Waals surface area contributed by atoms with E-state index in [0.717, 1.165) is 47.5 Å². The number of nitrogens with zero attached hydrogens (tertiary/aromatic N) is 2. The van der Waals surface area contributed by atoms with Crippen LogP contribution >= 0.6 is 11.6 Å². The van der Waals surface area contributed by atoms with Crippen molar-refractivity contribution in [2.45, 2.75) is 63.6 Å². The summed E-state index contributed by atoms with van der Waals surface area (Å²) in [7, 11) is -3.98. The van der Waals surface area contributed by atoms with Crippen LogP contribution < -0.4 is 9.46 Å². The van der Waals surface area contributed by atoms with Gasteiger partial charge in [0.05, 0.1) is 5.56 Å². The maximum absolute atomic E-state index is 15.1. The van der Waals surface area contributed by atoms with Gasteiger partial charge in [-0.3, -0.25) is 9.69 Å². The van der Waals surface area contributed by atoms with Crippen molar-refractivity contribution in [1.29, 1.82) is 0 Å². The smallest absolute Gasteiger partial charge is 0.304 e. The quantitative estimate of drug-likeness (QED) is 0.516. The Morgan fingerprint density at radius 3 is 2.54 bits per heavy atom. The second-order valence-electron chi connectivity index (χ2n) is 10.2. The monoisotopic (exact) mass is 553 g/mol. The lowest BCUT2D eigenvalue weighted by atomic mass is 9.99. The lowest BCUT2D eigenvalue weighted by molar-refractivity contribution is 0.0502. The summed E-state index contributed by atoms with van der Waals surface area (Å²) in [5, 5.41) is 0.373. The summed E-state index contributed by atoms with van der Waals surface area (Å²) in [5.41, 5.74) is 1.24. The summed E-state index contributed by atoms with van der Waals surface area (Å²) < 4.78 is 62.6. The molecule has 2 aromatic carbocycles. The van der Waals surface area contributed by atoms with Crippen molar-refractivity contribution < 1.29 is 26.7 Å². The number of hydrogen-bond donors (Lipinski definition) is 1. The highest BCUT2D eigenvalue weighted by molar-refractivity contribution is 7.87. The number of amides is 1.